The van der Waals surface area contributed by atoms with Crippen molar-refractivity contribution in [3.63, 3.8) is 0 Å². The smallest absolute Gasteiger partial charge is 0.333 e. The molecule has 5 rings (SSSR count). The van der Waals surface area contributed by atoms with Crippen LogP contribution in [0.25, 0.3) is 20.8 Å². The van der Waals surface area contributed by atoms with Crippen LogP contribution in [0.15, 0.2) is 113 Å². The van der Waals surface area contributed by atoms with Crippen molar-refractivity contribution in [3.05, 3.63) is 114 Å². The highest BCUT2D eigenvalue weighted by Gasteiger charge is 2.10. The Kier molecular flexibility index (Phi) is 9.02. The van der Waals surface area contributed by atoms with Crippen molar-refractivity contribution in [1.29, 1.82) is 0 Å². The summed E-state index contributed by atoms with van der Waals surface area (Å²) in [5, 5.41) is 12.5. The van der Waals surface area contributed by atoms with E-state index in [-0.39, 0.29) is 18.5 Å². The number of amides is 1. The van der Waals surface area contributed by atoms with E-state index in [1.54, 1.807) is 42.5 Å². The Morgan fingerprint density at radius 1 is 0.930 bits per heavy atom. The predicted molar refractivity (Wildman–Crippen MR) is 174 cm³/mol. The van der Waals surface area contributed by atoms with Crippen LogP contribution >= 0.6 is 11.3 Å². The molecule has 0 aliphatic carbocycles. The maximum Gasteiger partial charge on any atom is 0.333 e. The van der Waals surface area contributed by atoms with Crippen LogP contribution in [0.4, 0.5) is 22.7 Å². The minimum Gasteiger partial charge on any atom is -0.460 e. The molecular formula is C34H31N5O3S. The Labute approximate surface area is 254 Å². The molecule has 1 aromatic heterocycles. The molecule has 0 bridgehead atoms. The van der Waals surface area contributed by atoms with Crippen LogP contribution in [-0.2, 0) is 9.53 Å². The molecule has 8 nitrogen and oxygen atoms in total. The van der Waals surface area contributed by atoms with Gasteiger partial charge in [-0.15, -0.1) is 11.3 Å². The normalized spacial score (nSPS) is 11.0. The van der Waals surface area contributed by atoms with Crippen LogP contribution in [-0.4, -0.2) is 37.1 Å². The van der Waals surface area contributed by atoms with E-state index in [0.29, 0.717) is 34.7 Å². The van der Waals surface area contributed by atoms with Gasteiger partial charge in [0, 0.05) is 35.1 Å². The van der Waals surface area contributed by atoms with Crippen LogP contribution < -0.4 is 10.2 Å². The number of nitrogens with zero attached hydrogens (tertiary/aromatic N) is 4. The van der Waals surface area contributed by atoms with Gasteiger partial charge in [0.15, 0.2) is 0 Å². The van der Waals surface area contributed by atoms with Crippen molar-refractivity contribution in [1.82, 2.24) is 4.98 Å². The lowest BCUT2D eigenvalue weighted by Gasteiger charge is -2.19. The van der Waals surface area contributed by atoms with Crippen molar-refractivity contribution < 1.29 is 14.3 Å². The number of azo groups is 1. The third-order valence-corrected chi connectivity index (χ3v) is 7.71. The SMILES string of the molecule is C=C(C)C(=O)OCCN(C)c1ccc(N=Nc2ccc(C(=O)Nc3ccc(-c4nc5ccc(C)cc5s4)cc3)cc2)cc1. The third-order valence-electron chi connectivity index (χ3n) is 6.64. The van der Waals surface area contributed by atoms with Gasteiger partial charge in [0.25, 0.3) is 5.91 Å². The van der Waals surface area contributed by atoms with E-state index in [2.05, 4.69) is 41.2 Å². The molecule has 0 atom stereocenters. The van der Waals surface area contributed by atoms with Crippen molar-refractivity contribution in [2.45, 2.75) is 13.8 Å². The van der Waals surface area contributed by atoms with Crippen molar-refractivity contribution >= 4 is 56.2 Å². The van der Waals surface area contributed by atoms with Gasteiger partial charge >= 0.3 is 5.97 Å². The third kappa shape index (κ3) is 7.58. The van der Waals surface area contributed by atoms with E-state index in [0.717, 1.165) is 26.5 Å². The summed E-state index contributed by atoms with van der Waals surface area (Å²) in [4.78, 5) is 31.0. The fraction of sp³-hybridized carbons (Fsp3) is 0.147. The number of carbonyl (C=O) groups excluding carboxylic acids is 2. The number of anilines is 2. The summed E-state index contributed by atoms with van der Waals surface area (Å²) in [6.07, 6.45) is 0. The largest absolute Gasteiger partial charge is 0.460 e. The van der Waals surface area contributed by atoms with Gasteiger partial charge < -0.3 is 15.0 Å². The van der Waals surface area contributed by atoms with Gasteiger partial charge in [0.05, 0.1) is 28.1 Å². The lowest BCUT2D eigenvalue weighted by atomic mass is 10.1. The maximum atomic E-state index is 12.8. The van der Waals surface area contributed by atoms with E-state index >= 15 is 0 Å². The first kappa shape index (κ1) is 29.3. The summed E-state index contributed by atoms with van der Waals surface area (Å²) in [6, 6.07) is 28.5. The second kappa shape index (κ2) is 13.2. The number of likely N-dealkylation sites (N-methyl/N-ethyl adjacent to an activating group) is 1. The molecule has 216 valence electrons. The zero-order valence-electron chi connectivity index (χ0n) is 24.2. The number of esters is 1. The van der Waals surface area contributed by atoms with Gasteiger partial charge in [0.1, 0.15) is 11.6 Å². The molecule has 1 N–H and O–H groups in total. The number of carbonyl (C=O) groups is 2. The van der Waals surface area contributed by atoms with Crippen molar-refractivity contribution in [3.8, 4) is 10.6 Å². The van der Waals surface area contributed by atoms with E-state index in [9.17, 15) is 9.59 Å². The molecular weight excluding hydrogens is 558 g/mol. The quantitative estimate of drug-likeness (QED) is 0.100. The summed E-state index contributed by atoms with van der Waals surface area (Å²) in [6.45, 7) is 8.10. The fourth-order valence-electron chi connectivity index (χ4n) is 4.15. The topological polar surface area (TPSA) is 96.2 Å². The number of aryl methyl sites for hydroxylation is 1. The summed E-state index contributed by atoms with van der Waals surface area (Å²) < 4.78 is 6.31. The number of hydrogen-bond donors (Lipinski definition) is 1. The number of benzene rings is 4. The molecule has 5 aromatic rings. The first-order chi connectivity index (χ1) is 20.7. The predicted octanol–water partition coefficient (Wildman–Crippen LogP) is 8.49. The molecule has 0 saturated heterocycles. The fourth-order valence-corrected chi connectivity index (χ4v) is 5.22. The molecule has 0 fully saturated rings. The number of aromatic nitrogens is 1. The Morgan fingerprint density at radius 3 is 2.23 bits per heavy atom. The number of nitrogens with one attached hydrogen (secondary N) is 1. The summed E-state index contributed by atoms with van der Waals surface area (Å²) >= 11 is 1.66. The monoisotopic (exact) mass is 589 g/mol. The molecule has 0 aliphatic rings. The summed E-state index contributed by atoms with van der Waals surface area (Å²) in [5.74, 6) is -0.597. The van der Waals surface area contributed by atoms with Crippen molar-refractivity contribution in [2.24, 2.45) is 10.2 Å². The lowest BCUT2D eigenvalue weighted by Crippen LogP contribution is -2.23. The molecule has 1 heterocycles. The van der Waals surface area contributed by atoms with Gasteiger partial charge in [-0.2, -0.15) is 10.2 Å². The number of hydrogen-bond acceptors (Lipinski definition) is 8. The molecule has 1 amide bonds. The molecule has 0 radical (unpaired) electrons. The van der Waals surface area contributed by atoms with Crippen LogP contribution in [0.2, 0.25) is 0 Å². The molecule has 0 aliphatic heterocycles. The maximum absolute atomic E-state index is 12.8. The Bertz CT molecular complexity index is 1790. The van der Waals surface area contributed by atoms with E-state index in [4.69, 9.17) is 9.72 Å². The van der Waals surface area contributed by atoms with Gasteiger partial charge in [0.2, 0.25) is 0 Å². The minimum atomic E-state index is -0.389. The number of rotatable bonds is 10. The average molecular weight is 590 g/mol. The molecule has 43 heavy (non-hydrogen) atoms. The van der Waals surface area contributed by atoms with Crippen molar-refractivity contribution in [2.75, 3.05) is 30.4 Å². The highest BCUT2D eigenvalue weighted by molar-refractivity contribution is 7.21. The lowest BCUT2D eigenvalue weighted by molar-refractivity contribution is -0.138. The number of thiazole rings is 1. The minimum absolute atomic E-state index is 0.208. The van der Waals surface area contributed by atoms with Crippen LogP contribution in [0, 0.1) is 6.92 Å². The van der Waals surface area contributed by atoms with Crippen LogP contribution in [0.3, 0.4) is 0 Å². The van der Waals surface area contributed by atoms with Gasteiger partial charge in [-0.25, -0.2) is 9.78 Å². The summed E-state index contributed by atoms with van der Waals surface area (Å²) in [7, 11) is 1.92. The molecule has 4 aromatic carbocycles. The first-order valence-electron chi connectivity index (χ1n) is 13.7. The Morgan fingerprint density at radius 2 is 1.58 bits per heavy atom. The highest BCUT2D eigenvalue weighted by atomic mass is 32.1. The summed E-state index contributed by atoms with van der Waals surface area (Å²) in [5.41, 5.74) is 7.10. The molecule has 9 heteroatoms. The van der Waals surface area contributed by atoms with E-state index < -0.39 is 0 Å². The number of fused-ring (bicyclic) bond motifs is 1. The standard InChI is InChI=1S/C34H31N5O3S/c1-22(2)34(41)42-20-19-39(4)29-16-14-28(15-17-29)38-37-27-12-6-24(7-13-27)32(40)35-26-10-8-25(9-11-26)33-36-30-18-5-23(3)21-31(30)43-33/h5-18,21H,1,19-20H2,2-4H3,(H,35,40). The highest BCUT2D eigenvalue weighted by Crippen LogP contribution is 2.31. The average Bonchev–Trinajstić information content (AvgIpc) is 3.44. The van der Waals surface area contributed by atoms with Gasteiger partial charge in [-0.05, 0) is 104 Å². The number of ether oxygens (including phenoxy) is 1. The van der Waals surface area contributed by atoms with E-state index in [1.165, 1.54) is 5.56 Å². The Hall–Kier alpha value is -5.15. The van der Waals surface area contributed by atoms with Gasteiger partial charge in [-0.3, -0.25) is 4.79 Å². The second-order valence-electron chi connectivity index (χ2n) is 10.1. The zero-order chi connectivity index (χ0) is 30.3. The second-order valence-corrected chi connectivity index (χ2v) is 11.2. The van der Waals surface area contributed by atoms with Crippen LogP contribution in [0.5, 0.6) is 0 Å². The molecule has 0 spiro atoms. The van der Waals surface area contributed by atoms with E-state index in [1.807, 2.05) is 66.5 Å². The van der Waals surface area contributed by atoms with Gasteiger partial charge in [-0.1, -0.05) is 12.6 Å². The van der Waals surface area contributed by atoms with Crippen LogP contribution in [0.1, 0.15) is 22.8 Å². The molecule has 0 unspecified atom stereocenters. The molecule has 0 saturated carbocycles. The first-order valence-corrected chi connectivity index (χ1v) is 14.5. The Balaban J connectivity index is 1.13. The zero-order valence-corrected chi connectivity index (χ0v) is 25.0.